The Labute approximate surface area is 115 Å². The van der Waals surface area contributed by atoms with Crippen molar-refractivity contribution in [1.29, 1.82) is 0 Å². The second kappa shape index (κ2) is 4.94. The Hall–Kier alpha value is -2.00. The smallest absolute Gasteiger partial charge is 0.169 e. The molecule has 3 heteroatoms. The van der Waals surface area contributed by atoms with Crippen LogP contribution in [0.15, 0.2) is 48.5 Å². The van der Waals surface area contributed by atoms with Gasteiger partial charge in [-0.25, -0.2) is 4.98 Å². The van der Waals surface area contributed by atoms with Gasteiger partial charge in [-0.3, -0.25) is 4.79 Å². The first-order valence-electron chi connectivity index (χ1n) is 6.17. The summed E-state index contributed by atoms with van der Waals surface area (Å²) in [5.41, 5.74) is 2.79. The van der Waals surface area contributed by atoms with Crippen LogP contribution >= 0.6 is 11.3 Å². The molecule has 2 nitrogen and oxygen atoms in total. The number of aryl methyl sites for hydroxylation is 1. The van der Waals surface area contributed by atoms with Crippen molar-refractivity contribution >= 4 is 27.3 Å². The molecule has 0 spiro atoms. The van der Waals surface area contributed by atoms with E-state index in [0.717, 1.165) is 26.4 Å². The molecule has 0 aliphatic rings. The van der Waals surface area contributed by atoms with E-state index in [-0.39, 0.29) is 5.78 Å². The molecule has 0 bridgehead atoms. The van der Waals surface area contributed by atoms with Crippen LogP contribution in [0.4, 0.5) is 0 Å². The van der Waals surface area contributed by atoms with E-state index in [2.05, 4.69) is 4.98 Å². The lowest BCUT2D eigenvalue weighted by Crippen LogP contribution is -2.05. The van der Waals surface area contributed by atoms with Crippen LogP contribution in [0.25, 0.3) is 10.2 Å². The summed E-state index contributed by atoms with van der Waals surface area (Å²) in [5, 5.41) is 0.884. The second-order valence-corrected chi connectivity index (χ2v) is 5.61. The number of carbonyl (C=O) groups is 1. The Balaban J connectivity index is 1.89. The summed E-state index contributed by atoms with van der Waals surface area (Å²) in [5.74, 6) is 0.136. The highest BCUT2D eigenvalue weighted by molar-refractivity contribution is 7.18. The zero-order valence-electron chi connectivity index (χ0n) is 10.6. The molecule has 0 amide bonds. The van der Waals surface area contributed by atoms with Gasteiger partial charge in [0.05, 0.1) is 16.6 Å². The number of nitrogens with zero attached hydrogens (tertiary/aromatic N) is 1. The van der Waals surface area contributed by atoms with Crippen molar-refractivity contribution in [2.45, 2.75) is 13.3 Å². The van der Waals surface area contributed by atoms with Gasteiger partial charge in [-0.1, -0.05) is 36.4 Å². The Morgan fingerprint density at radius 1 is 1.11 bits per heavy atom. The maximum atomic E-state index is 12.3. The summed E-state index contributed by atoms with van der Waals surface area (Å²) >= 11 is 1.59. The number of carbonyl (C=O) groups excluding carboxylic acids is 1. The Bertz CT molecular complexity index is 712. The predicted octanol–water partition coefficient (Wildman–Crippen LogP) is 4.03. The highest BCUT2D eigenvalue weighted by Gasteiger charge is 2.12. The van der Waals surface area contributed by atoms with E-state index in [1.807, 2.05) is 55.5 Å². The molecule has 1 heterocycles. The van der Waals surface area contributed by atoms with Crippen molar-refractivity contribution in [3.8, 4) is 0 Å². The lowest BCUT2D eigenvalue weighted by molar-refractivity contribution is 0.0992. The maximum absolute atomic E-state index is 12.3. The van der Waals surface area contributed by atoms with E-state index in [9.17, 15) is 4.79 Å². The highest BCUT2D eigenvalue weighted by atomic mass is 32.1. The van der Waals surface area contributed by atoms with Crippen LogP contribution in [-0.4, -0.2) is 10.8 Å². The third kappa shape index (κ3) is 2.42. The molecule has 0 saturated carbocycles. The number of rotatable bonds is 3. The number of Topliss-reactive ketones (excluding diaryl/α,β-unsaturated/α-hetero) is 1. The zero-order valence-corrected chi connectivity index (χ0v) is 11.4. The van der Waals surface area contributed by atoms with Gasteiger partial charge < -0.3 is 0 Å². The predicted molar refractivity (Wildman–Crippen MR) is 78.8 cm³/mol. The molecule has 0 atom stereocenters. The molecule has 0 radical (unpaired) electrons. The standard InChI is InChI=1S/C16H13NOS/c1-11-6-2-3-7-12(11)14(18)10-16-17-13-8-4-5-9-15(13)19-16/h2-9H,10H2,1H3. The molecule has 0 fully saturated rings. The lowest BCUT2D eigenvalue weighted by atomic mass is 10.0. The zero-order chi connectivity index (χ0) is 13.2. The summed E-state index contributed by atoms with van der Waals surface area (Å²) in [4.78, 5) is 16.8. The van der Waals surface area contributed by atoms with E-state index in [1.165, 1.54) is 0 Å². The van der Waals surface area contributed by atoms with Gasteiger partial charge in [0.2, 0.25) is 0 Å². The molecule has 0 saturated heterocycles. The molecule has 19 heavy (non-hydrogen) atoms. The fourth-order valence-corrected chi connectivity index (χ4v) is 3.08. The van der Waals surface area contributed by atoms with Crippen LogP contribution in [-0.2, 0) is 6.42 Å². The summed E-state index contributed by atoms with van der Waals surface area (Å²) in [6.45, 7) is 1.96. The second-order valence-electron chi connectivity index (χ2n) is 4.49. The molecule has 0 N–H and O–H groups in total. The van der Waals surface area contributed by atoms with Gasteiger partial charge in [0, 0.05) is 5.56 Å². The molecular formula is C16H13NOS. The largest absolute Gasteiger partial charge is 0.294 e. The van der Waals surface area contributed by atoms with Gasteiger partial charge in [-0.15, -0.1) is 11.3 Å². The van der Waals surface area contributed by atoms with E-state index in [0.29, 0.717) is 6.42 Å². The molecule has 1 aromatic heterocycles. The lowest BCUT2D eigenvalue weighted by Gasteiger charge is -2.02. The van der Waals surface area contributed by atoms with Gasteiger partial charge in [0.25, 0.3) is 0 Å². The Morgan fingerprint density at radius 2 is 1.84 bits per heavy atom. The van der Waals surface area contributed by atoms with Crippen molar-refractivity contribution in [1.82, 2.24) is 4.98 Å². The van der Waals surface area contributed by atoms with Crippen LogP contribution in [0.3, 0.4) is 0 Å². The molecule has 0 unspecified atom stereocenters. The summed E-state index contributed by atoms with van der Waals surface area (Å²) in [6, 6.07) is 15.7. The van der Waals surface area contributed by atoms with Crippen LogP contribution < -0.4 is 0 Å². The first-order valence-corrected chi connectivity index (χ1v) is 6.99. The fraction of sp³-hybridized carbons (Fsp3) is 0.125. The minimum atomic E-state index is 0.136. The SMILES string of the molecule is Cc1ccccc1C(=O)Cc1nc2ccccc2s1. The minimum absolute atomic E-state index is 0.136. The van der Waals surface area contributed by atoms with Crippen molar-refractivity contribution in [2.75, 3.05) is 0 Å². The molecule has 94 valence electrons. The van der Waals surface area contributed by atoms with Gasteiger partial charge in [0.15, 0.2) is 5.78 Å². The molecule has 0 aliphatic heterocycles. The van der Waals surface area contributed by atoms with Crippen LogP contribution in [0, 0.1) is 6.92 Å². The monoisotopic (exact) mass is 267 g/mol. The minimum Gasteiger partial charge on any atom is -0.294 e. The number of thiazole rings is 1. The Kier molecular flexibility index (Phi) is 3.13. The van der Waals surface area contributed by atoms with Gasteiger partial charge in [-0.05, 0) is 24.6 Å². The summed E-state index contributed by atoms with van der Waals surface area (Å²) in [7, 11) is 0. The normalized spacial score (nSPS) is 10.8. The summed E-state index contributed by atoms with van der Waals surface area (Å²) < 4.78 is 1.13. The molecular weight excluding hydrogens is 254 g/mol. The third-order valence-electron chi connectivity index (χ3n) is 3.10. The first-order chi connectivity index (χ1) is 9.24. The highest BCUT2D eigenvalue weighted by Crippen LogP contribution is 2.23. The van der Waals surface area contributed by atoms with E-state index in [4.69, 9.17) is 0 Å². The van der Waals surface area contributed by atoms with E-state index in [1.54, 1.807) is 11.3 Å². The Morgan fingerprint density at radius 3 is 2.63 bits per heavy atom. The average molecular weight is 267 g/mol. The number of benzene rings is 2. The van der Waals surface area contributed by atoms with Crippen molar-refractivity contribution in [3.63, 3.8) is 0 Å². The number of para-hydroxylation sites is 1. The molecule has 3 rings (SSSR count). The van der Waals surface area contributed by atoms with Crippen LogP contribution in [0.2, 0.25) is 0 Å². The van der Waals surface area contributed by atoms with Crippen molar-refractivity contribution in [3.05, 3.63) is 64.7 Å². The number of fused-ring (bicyclic) bond motifs is 1. The number of hydrogen-bond acceptors (Lipinski definition) is 3. The molecule has 2 aromatic carbocycles. The van der Waals surface area contributed by atoms with Gasteiger partial charge >= 0.3 is 0 Å². The van der Waals surface area contributed by atoms with Crippen molar-refractivity contribution < 1.29 is 4.79 Å². The number of hydrogen-bond donors (Lipinski definition) is 0. The maximum Gasteiger partial charge on any atom is 0.169 e. The first kappa shape index (κ1) is 12.1. The molecule has 3 aromatic rings. The van der Waals surface area contributed by atoms with Gasteiger partial charge in [-0.2, -0.15) is 0 Å². The van der Waals surface area contributed by atoms with Crippen LogP contribution in [0.1, 0.15) is 20.9 Å². The van der Waals surface area contributed by atoms with Gasteiger partial charge in [0.1, 0.15) is 5.01 Å². The summed E-state index contributed by atoms with van der Waals surface area (Å²) in [6.07, 6.45) is 0.379. The molecule has 0 aliphatic carbocycles. The fourth-order valence-electron chi connectivity index (χ4n) is 2.11. The topological polar surface area (TPSA) is 30.0 Å². The van der Waals surface area contributed by atoms with E-state index >= 15 is 0 Å². The third-order valence-corrected chi connectivity index (χ3v) is 4.13. The quantitative estimate of drug-likeness (QED) is 0.671. The van der Waals surface area contributed by atoms with Crippen LogP contribution in [0.5, 0.6) is 0 Å². The van der Waals surface area contributed by atoms with Crippen molar-refractivity contribution in [2.24, 2.45) is 0 Å². The van der Waals surface area contributed by atoms with E-state index < -0.39 is 0 Å². The average Bonchev–Trinajstić information content (AvgIpc) is 2.81. The number of ketones is 1. The number of aromatic nitrogens is 1.